The third-order valence-electron chi connectivity index (χ3n) is 6.86. The van der Waals surface area contributed by atoms with Crippen LogP contribution < -0.4 is 0 Å². The molecule has 3 aliphatic rings. The molecular weight excluding hydrogens is 404 g/mol. The number of ketones is 2. The Hall–Kier alpha value is -3.19. The predicted octanol–water partition coefficient (Wildman–Crippen LogP) is 0.691. The van der Waals surface area contributed by atoms with Crippen molar-refractivity contribution in [3.05, 3.63) is 52.0 Å². The second-order valence-electron chi connectivity index (χ2n) is 8.54. The SMILES string of the molecule is CC1c2cccc(O)c2C(=O)C2=C(O)C3(O)C(=O)C(C#N)=C(O)C(N(C)C)C3C(O)C21. The molecule has 0 aliphatic heterocycles. The number of fused-ring (bicyclic) bond motifs is 3. The van der Waals surface area contributed by atoms with Gasteiger partial charge < -0.3 is 25.5 Å². The van der Waals surface area contributed by atoms with E-state index in [1.54, 1.807) is 25.1 Å². The smallest absolute Gasteiger partial charge is 0.216 e. The Balaban J connectivity index is 2.06. The van der Waals surface area contributed by atoms with Gasteiger partial charge in [-0.25, -0.2) is 0 Å². The molecule has 0 saturated carbocycles. The van der Waals surface area contributed by atoms with E-state index in [1.165, 1.54) is 25.1 Å². The van der Waals surface area contributed by atoms with Crippen LogP contribution in [0.4, 0.5) is 0 Å². The van der Waals surface area contributed by atoms with Gasteiger partial charge in [-0.1, -0.05) is 19.1 Å². The topological polar surface area (TPSA) is 162 Å². The third kappa shape index (κ3) is 2.41. The number of likely N-dealkylation sites (N-methyl/N-ethyl adjacent to an activating group) is 1. The average Bonchev–Trinajstić information content (AvgIpc) is 2.71. The number of nitrogens with zero attached hydrogens (tertiary/aromatic N) is 2. The molecule has 1 aromatic carbocycles. The molecule has 0 aromatic heterocycles. The minimum Gasteiger partial charge on any atom is -0.509 e. The van der Waals surface area contributed by atoms with E-state index in [1.807, 2.05) is 0 Å². The van der Waals surface area contributed by atoms with Crippen LogP contribution in [0.15, 0.2) is 40.9 Å². The minimum atomic E-state index is -2.80. The molecule has 6 unspecified atom stereocenters. The second kappa shape index (κ2) is 6.65. The number of phenolic OH excluding ortho intramolecular Hbond substituents is 1. The van der Waals surface area contributed by atoms with Crippen molar-refractivity contribution in [3.63, 3.8) is 0 Å². The largest absolute Gasteiger partial charge is 0.509 e. The van der Waals surface area contributed by atoms with Crippen LogP contribution in [-0.2, 0) is 4.79 Å². The molecule has 0 bridgehead atoms. The molecule has 0 heterocycles. The van der Waals surface area contributed by atoms with Crippen LogP contribution in [0, 0.1) is 23.2 Å². The monoisotopic (exact) mass is 426 g/mol. The molecule has 0 spiro atoms. The van der Waals surface area contributed by atoms with Crippen LogP contribution in [-0.4, -0.2) is 73.8 Å². The van der Waals surface area contributed by atoms with Crippen molar-refractivity contribution in [1.82, 2.24) is 4.90 Å². The number of Topliss-reactive ketones (excluding diaryl/α,β-unsaturated/α-hetero) is 2. The summed E-state index contributed by atoms with van der Waals surface area (Å²) in [7, 11) is 3.05. The minimum absolute atomic E-state index is 0.0756. The number of rotatable bonds is 1. The Morgan fingerprint density at radius 2 is 1.81 bits per heavy atom. The molecule has 9 heteroatoms. The lowest BCUT2D eigenvalue weighted by Crippen LogP contribution is -2.67. The zero-order valence-corrected chi connectivity index (χ0v) is 17.1. The summed E-state index contributed by atoms with van der Waals surface area (Å²) in [4.78, 5) is 27.7. The highest BCUT2D eigenvalue weighted by Gasteiger charge is 2.66. The Bertz CT molecular complexity index is 1130. The van der Waals surface area contributed by atoms with Crippen molar-refractivity contribution in [2.45, 2.75) is 30.6 Å². The molecular formula is C22H22N2O7. The molecule has 0 amide bonds. The Morgan fingerprint density at radius 1 is 1.16 bits per heavy atom. The van der Waals surface area contributed by atoms with Gasteiger partial charge in [0.2, 0.25) is 5.78 Å². The fourth-order valence-corrected chi connectivity index (χ4v) is 5.45. The molecule has 6 atom stereocenters. The summed E-state index contributed by atoms with van der Waals surface area (Å²) >= 11 is 0. The number of hydrogen-bond acceptors (Lipinski definition) is 9. The van der Waals surface area contributed by atoms with E-state index in [0.29, 0.717) is 5.56 Å². The molecule has 31 heavy (non-hydrogen) atoms. The van der Waals surface area contributed by atoms with E-state index in [-0.39, 0.29) is 16.9 Å². The molecule has 0 fully saturated rings. The van der Waals surface area contributed by atoms with Crippen molar-refractivity contribution < 1.29 is 35.1 Å². The van der Waals surface area contributed by atoms with Crippen LogP contribution in [0.5, 0.6) is 5.75 Å². The number of hydrogen-bond donors (Lipinski definition) is 5. The molecule has 1 aromatic rings. The first-order chi connectivity index (χ1) is 14.5. The fraction of sp³-hybridized carbons (Fsp3) is 0.409. The van der Waals surface area contributed by atoms with Gasteiger partial charge >= 0.3 is 0 Å². The van der Waals surface area contributed by atoms with Gasteiger partial charge in [0.15, 0.2) is 11.4 Å². The average molecular weight is 426 g/mol. The maximum absolute atomic E-state index is 13.3. The zero-order chi connectivity index (χ0) is 23.0. The first-order valence-electron chi connectivity index (χ1n) is 9.75. The fourth-order valence-electron chi connectivity index (χ4n) is 5.45. The molecule has 0 radical (unpaired) electrons. The van der Waals surface area contributed by atoms with Crippen molar-refractivity contribution in [2.24, 2.45) is 11.8 Å². The lowest BCUT2D eigenvalue weighted by molar-refractivity contribution is -0.160. The van der Waals surface area contributed by atoms with Gasteiger partial charge in [-0.15, -0.1) is 0 Å². The predicted molar refractivity (Wildman–Crippen MR) is 106 cm³/mol. The standard InChI is InChI=1S/C22H22N2O7/c1-8-9-5-4-6-11(25)13(9)18(27)14-12(8)19(28)15-16(24(2)3)17(26)10(7-23)20(29)22(15,31)21(14)30/h4-6,8,12,15-16,19,25-26,28,30-31H,1-3H3. The molecule has 4 rings (SSSR count). The summed E-state index contributed by atoms with van der Waals surface area (Å²) in [5.41, 5.74) is -3.55. The van der Waals surface area contributed by atoms with E-state index in [0.717, 1.165) is 0 Å². The Morgan fingerprint density at radius 3 is 2.39 bits per heavy atom. The second-order valence-corrected chi connectivity index (χ2v) is 8.54. The summed E-state index contributed by atoms with van der Waals surface area (Å²) < 4.78 is 0. The molecule has 162 valence electrons. The number of aliphatic hydroxyl groups excluding tert-OH is 3. The van der Waals surface area contributed by atoms with Crippen LogP contribution in [0.25, 0.3) is 0 Å². The van der Waals surface area contributed by atoms with Gasteiger partial charge in [-0.3, -0.25) is 14.5 Å². The van der Waals surface area contributed by atoms with Crippen LogP contribution in [0.1, 0.15) is 28.8 Å². The Kier molecular flexibility index (Phi) is 4.52. The number of phenols is 1. The van der Waals surface area contributed by atoms with Gasteiger partial charge in [-0.2, -0.15) is 5.26 Å². The van der Waals surface area contributed by atoms with Gasteiger partial charge in [0.05, 0.1) is 23.6 Å². The normalized spacial score (nSPS) is 34.9. The van der Waals surface area contributed by atoms with Crippen molar-refractivity contribution in [1.29, 1.82) is 5.26 Å². The number of carbonyl (C=O) groups is 2. The van der Waals surface area contributed by atoms with Crippen molar-refractivity contribution in [3.8, 4) is 11.8 Å². The molecule has 3 aliphatic carbocycles. The van der Waals surface area contributed by atoms with Crippen LogP contribution in [0.2, 0.25) is 0 Å². The number of nitriles is 1. The molecule has 0 saturated heterocycles. The number of aliphatic hydroxyl groups is 4. The summed E-state index contributed by atoms with van der Waals surface area (Å²) in [5, 5.41) is 64.2. The van der Waals surface area contributed by atoms with Gasteiger partial charge in [-0.05, 0) is 31.6 Å². The quantitative estimate of drug-likeness (QED) is 0.435. The maximum atomic E-state index is 13.3. The van der Waals surface area contributed by atoms with Crippen LogP contribution >= 0.6 is 0 Å². The number of aromatic hydroxyl groups is 1. The van der Waals surface area contributed by atoms with Gasteiger partial charge in [0.1, 0.15) is 28.9 Å². The lowest BCUT2D eigenvalue weighted by atomic mass is 9.55. The summed E-state index contributed by atoms with van der Waals surface area (Å²) in [6, 6.07) is 4.86. The highest BCUT2D eigenvalue weighted by molar-refractivity contribution is 6.16. The summed E-state index contributed by atoms with van der Waals surface area (Å²) in [6.45, 7) is 1.70. The number of benzene rings is 1. The highest BCUT2D eigenvalue weighted by atomic mass is 16.4. The first kappa shape index (κ1) is 21.1. The lowest BCUT2D eigenvalue weighted by Gasteiger charge is -2.53. The van der Waals surface area contributed by atoms with E-state index < -0.39 is 64.2 Å². The maximum Gasteiger partial charge on any atom is 0.216 e. The third-order valence-corrected chi connectivity index (χ3v) is 6.86. The zero-order valence-electron chi connectivity index (χ0n) is 17.1. The van der Waals surface area contributed by atoms with E-state index >= 15 is 0 Å². The van der Waals surface area contributed by atoms with E-state index in [4.69, 9.17) is 0 Å². The van der Waals surface area contributed by atoms with Crippen LogP contribution in [0.3, 0.4) is 0 Å². The van der Waals surface area contributed by atoms with Crippen molar-refractivity contribution >= 4 is 11.6 Å². The van der Waals surface area contributed by atoms with Gasteiger partial charge in [0.25, 0.3) is 0 Å². The highest BCUT2D eigenvalue weighted by Crippen LogP contribution is 2.55. The van der Waals surface area contributed by atoms with Gasteiger partial charge in [0, 0.05) is 11.5 Å². The first-order valence-corrected chi connectivity index (χ1v) is 9.75. The molecule has 9 nitrogen and oxygen atoms in total. The van der Waals surface area contributed by atoms with E-state index in [2.05, 4.69) is 0 Å². The van der Waals surface area contributed by atoms with Crippen molar-refractivity contribution in [2.75, 3.05) is 14.1 Å². The molecule has 5 N–H and O–H groups in total. The van der Waals surface area contributed by atoms with E-state index in [9.17, 15) is 40.4 Å². The number of carbonyl (C=O) groups excluding carboxylic acids is 2. The summed E-state index contributed by atoms with van der Waals surface area (Å²) in [5.74, 6) is -7.04. The summed E-state index contributed by atoms with van der Waals surface area (Å²) in [6.07, 6.45) is -1.54. The Labute approximate surface area is 177 Å².